The summed E-state index contributed by atoms with van der Waals surface area (Å²) < 4.78 is 16.2. The molecule has 0 radical (unpaired) electrons. The zero-order valence-corrected chi connectivity index (χ0v) is 18.1. The van der Waals surface area contributed by atoms with Gasteiger partial charge in [-0.2, -0.15) is 0 Å². The van der Waals surface area contributed by atoms with E-state index < -0.39 is 5.97 Å². The molecule has 0 fully saturated rings. The van der Waals surface area contributed by atoms with Gasteiger partial charge in [0.1, 0.15) is 12.3 Å². The van der Waals surface area contributed by atoms with Crippen LogP contribution >= 0.6 is 0 Å². The zero-order chi connectivity index (χ0) is 23.5. The lowest BCUT2D eigenvalue weighted by atomic mass is 10.1. The van der Waals surface area contributed by atoms with E-state index in [1.165, 1.54) is 6.26 Å². The number of fused-ring (bicyclic) bond motifs is 1. The summed E-state index contributed by atoms with van der Waals surface area (Å²) in [6.07, 6.45) is 1.52. The van der Waals surface area contributed by atoms with Gasteiger partial charge in [-0.25, -0.2) is 9.78 Å². The first-order chi connectivity index (χ1) is 16.6. The molecular weight excluding hydrogens is 434 g/mol. The second-order valence-electron chi connectivity index (χ2n) is 7.57. The Kier molecular flexibility index (Phi) is 5.61. The van der Waals surface area contributed by atoms with Crippen molar-refractivity contribution < 1.29 is 23.3 Å². The Bertz CT molecular complexity index is 1460. The van der Waals surface area contributed by atoms with E-state index >= 15 is 0 Å². The molecule has 0 unspecified atom stereocenters. The Morgan fingerprint density at radius 3 is 2.53 bits per heavy atom. The highest BCUT2D eigenvalue weighted by Gasteiger charge is 2.21. The molecule has 0 atom stereocenters. The fraction of sp³-hybridized carbons (Fsp3) is 0.0769. The van der Waals surface area contributed by atoms with Gasteiger partial charge in [0.15, 0.2) is 5.76 Å². The largest absolute Gasteiger partial charge is 0.463 e. The van der Waals surface area contributed by atoms with Crippen LogP contribution in [-0.2, 0) is 11.3 Å². The van der Waals surface area contributed by atoms with Crippen molar-refractivity contribution >= 4 is 28.7 Å². The Hall–Kier alpha value is -4.72. The number of carbonyl (C=O) groups excluding carboxylic acids is 2. The van der Waals surface area contributed by atoms with E-state index in [4.69, 9.17) is 13.7 Å². The van der Waals surface area contributed by atoms with Crippen molar-refractivity contribution in [3.05, 3.63) is 101 Å². The van der Waals surface area contributed by atoms with E-state index in [1.54, 1.807) is 49.4 Å². The number of ether oxygens (including phenoxy) is 1. The molecule has 1 amide bonds. The predicted octanol–water partition coefficient (Wildman–Crippen LogP) is 5.40. The lowest BCUT2D eigenvalue weighted by Crippen LogP contribution is -2.12. The van der Waals surface area contributed by atoms with Crippen LogP contribution in [-0.4, -0.2) is 22.0 Å². The molecule has 0 aliphatic rings. The second-order valence-corrected chi connectivity index (χ2v) is 7.57. The number of pyridine rings is 1. The molecule has 0 saturated carbocycles. The predicted molar refractivity (Wildman–Crippen MR) is 124 cm³/mol. The highest BCUT2D eigenvalue weighted by Crippen LogP contribution is 2.28. The number of carbonyl (C=O) groups is 2. The Morgan fingerprint density at radius 1 is 1.00 bits per heavy atom. The number of nitrogens with one attached hydrogen (secondary N) is 1. The van der Waals surface area contributed by atoms with Crippen LogP contribution in [0.1, 0.15) is 32.0 Å². The molecule has 168 valence electrons. The summed E-state index contributed by atoms with van der Waals surface area (Å²) in [6, 6.07) is 21.1. The van der Waals surface area contributed by atoms with Gasteiger partial charge in [0.2, 0.25) is 0 Å². The molecule has 5 rings (SSSR count). The molecule has 2 aromatic carbocycles. The lowest BCUT2D eigenvalue weighted by Gasteiger charge is -2.08. The Balaban J connectivity index is 1.31. The maximum absolute atomic E-state index is 13.0. The summed E-state index contributed by atoms with van der Waals surface area (Å²) in [5, 5.41) is 7.25. The van der Waals surface area contributed by atoms with Crippen molar-refractivity contribution in [2.45, 2.75) is 13.5 Å². The number of anilines is 1. The van der Waals surface area contributed by atoms with Gasteiger partial charge in [0, 0.05) is 11.3 Å². The number of nitrogens with zero attached hydrogens (tertiary/aromatic N) is 2. The molecule has 0 saturated heterocycles. The van der Waals surface area contributed by atoms with Gasteiger partial charge in [-0.1, -0.05) is 35.5 Å². The van der Waals surface area contributed by atoms with E-state index in [0.717, 1.165) is 5.56 Å². The number of benzene rings is 2. The normalized spacial score (nSPS) is 10.9. The number of rotatable bonds is 6. The molecule has 0 aliphatic heterocycles. The Labute approximate surface area is 194 Å². The van der Waals surface area contributed by atoms with Crippen LogP contribution in [0.2, 0.25) is 0 Å². The Morgan fingerprint density at radius 2 is 1.79 bits per heavy atom. The number of esters is 1. The smallest absolute Gasteiger partial charge is 0.339 e. The number of para-hydroxylation sites is 1. The van der Waals surface area contributed by atoms with Gasteiger partial charge < -0.3 is 19.0 Å². The molecule has 0 aliphatic carbocycles. The van der Waals surface area contributed by atoms with Crippen molar-refractivity contribution in [2.75, 3.05) is 5.32 Å². The molecule has 0 bridgehead atoms. The summed E-state index contributed by atoms with van der Waals surface area (Å²) in [5.41, 5.74) is 3.44. The molecule has 34 heavy (non-hydrogen) atoms. The summed E-state index contributed by atoms with van der Waals surface area (Å²) >= 11 is 0. The lowest BCUT2D eigenvalue weighted by molar-refractivity contribution is 0.0474. The quantitative estimate of drug-likeness (QED) is 0.343. The van der Waals surface area contributed by atoms with Crippen molar-refractivity contribution in [2.24, 2.45) is 0 Å². The van der Waals surface area contributed by atoms with Gasteiger partial charge in [-0.05, 0) is 55.0 Å². The van der Waals surface area contributed by atoms with Gasteiger partial charge in [-0.3, -0.25) is 4.79 Å². The summed E-state index contributed by atoms with van der Waals surface area (Å²) in [4.78, 5) is 29.8. The minimum absolute atomic E-state index is 0.0314. The SMILES string of the molecule is Cc1noc2nc(-c3ccco3)cc(C(=O)OCc3ccc(C(=O)Nc4ccccc4)cc3)c12. The van der Waals surface area contributed by atoms with E-state index in [2.05, 4.69) is 15.5 Å². The van der Waals surface area contributed by atoms with Gasteiger partial charge >= 0.3 is 5.97 Å². The van der Waals surface area contributed by atoms with E-state index in [1.807, 2.05) is 30.3 Å². The van der Waals surface area contributed by atoms with Crippen LogP contribution in [0.15, 0.2) is 88.0 Å². The summed E-state index contributed by atoms with van der Waals surface area (Å²) in [7, 11) is 0. The average molecular weight is 453 g/mol. The third-order valence-corrected chi connectivity index (χ3v) is 5.23. The van der Waals surface area contributed by atoms with Crippen molar-refractivity contribution in [3.63, 3.8) is 0 Å². The number of hydrogen-bond donors (Lipinski definition) is 1. The van der Waals surface area contributed by atoms with Crippen molar-refractivity contribution in [3.8, 4) is 11.5 Å². The standard InChI is InChI=1S/C26H19N3O5/c1-16-23-20(14-21(22-8-5-13-32-22)28-25(23)34-29-16)26(31)33-15-17-9-11-18(12-10-17)24(30)27-19-6-3-2-4-7-19/h2-14H,15H2,1H3,(H,27,30). The van der Waals surface area contributed by atoms with Crippen LogP contribution < -0.4 is 5.32 Å². The summed E-state index contributed by atoms with van der Waals surface area (Å²) in [6.45, 7) is 1.76. The third kappa shape index (κ3) is 4.29. The first-order valence-electron chi connectivity index (χ1n) is 10.5. The highest BCUT2D eigenvalue weighted by atomic mass is 16.5. The van der Waals surface area contributed by atoms with Crippen LogP contribution in [0.3, 0.4) is 0 Å². The fourth-order valence-corrected chi connectivity index (χ4v) is 3.51. The second kappa shape index (κ2) is 9.03. The van der Waals surface area contributed by atoms with Crippen LogP contribution in [0.4, 0.5) is 5.69 Å². The first-order valence-corrected chi connectivity index (χ1v) is 10.5. The zero-order valence-electron chi connectivity index (χ0n) is 18.1. The van der Waals surface area contributed by atoms with Crippen LogP contribution in [0.25, 0.3) is 22.6 Å². The van der Waals surface area contributed by atoms with Gasteiger partial charge in [0.25, 0.3) is 11.6 Å². The highest BCUT2D eigenvalue weighted by molar-refractivity contribution is 6.05. The van der Waals surface area contributed by atoms with Crippen molar-refractivity contribution in [1.29, 1.82) is 0 Å². The molecule has 0 spiro atoms. The third-order valence-electron chi connectivity index (χ3n) is 5.23. The molecular formula is C26H19N3O5. The van der Waals surface area contributed by atoms with Crippen molar-refractivity contribution in [1.82, 2.24) is 10.1 Å². The number of aromatic nitrogens is 2. The summed E-state index contributed by atoms with van der Waals surface area (Å²) in [5.74, 6) is -0.269. The first kappa shape index (κ1) is 21.1. The molecule has 1 N–H and O–H groups in total. The number of amides is 1. The number of aryl methyl sites for hydroxylation is 1. The van der Waals surface area contributed by atoms with E-state index in [9.17, 15) is 9.59 Å². The van der Waals surface area contributed by atoms with Gasteiger partial charge in [0.05, 0.1) is 22.9 Å². The minimum atomic E-state index is -0.544. The average Bonchev–Trinajstić information content (AvgIpc) is 3.53. The maximum Gasteiger partial charge on any atom is 0.339 e. The number of hydrogen-bond acceptors (Lipinski definition) is 7. The number of furan rings is 1. The fourth-order valence-electron chi connectivity index (χ4n) is 3.51. The molecule has 8 heteroatoms. The molecule has 3 aromatic heterocycles. The van der Waals surface area contributed by atoms with E-state index in [0.29, 0.717) is 33.8 Å². The topological polar surface area (TPSA) is 107 Å². The molecule has 8 nitrogen and oxygen atoms in total. The molecule has 5 aromatic rings. The minimum Gasteiger partial charge on any atom is -0.463 e. The van der Waals surface area contributed by atoms with Gasteiger partial charge in [-0.15, -0.1) is 0 Å². The van der Waals surface area contributed by atoms with E-state index in [-0.39, 0.29) is 23.8 Å². The molecule has 3 heterocycles. The van der Waals surface area contributed by atoms with Crippen LogP contribution in [0, 0.1) is 6.92 Å². The van der Waals surface area contributed by atoms with Crippen LogP contribution in [0.5, 0.6) is 0 Å². The monoisotopic (exact) mass is 453 g/mol. The maximum atomic E-state index is 13.0.